The van der Waals surface area contributed by atoms with Gasteiger partial charge in [0.15, 0.2) is 5.11 Å². The van der Waals surface area contributed by atoms with E-state index in [9.17, 15) is 0 Å². The molecule has 2 aromatic carbocycles. The molecule has 35 heavy (non-hydrogen) atoms. The third kappa shape index (κ3) is 4.13. The Labute approximate surface area is 217 Å². The Kier molecular flexibility index (Phi) is 6.16. The van der Waals surface area contributed by atoms with Crippen molar-refractivity contribution in [1.29, 1.82) is 0 Å². The summed E-state index contributed by atoms with van der Waals surface area (Å²) in [6.45, 7) is 10.8. The van der Waals surface area contributed by atoms with Gasteiger partial charge in [-0.1, -0.05) is 29.8 Å². The van der Waals surface area contributed by atoms with Crippen LogP contribution in [0.2, 0.25) is 5.02 Å². The number of pyridine rings is 1. The van der Waals surface area contributed by atoms with Crippen molar-refractivity contribution in [2.24, 2.45) is 0 Å². The second-order valence-electron chi connectivity index (χ2n) is 9.37. The zero-order valence-electron chi connectivity index (χ0n) is 20.6. The number of thiocarbonyl (C=S) groups is 1. The first-order valence-electron chi connectivity index (χ1n) is 11.8. The van der Waals surface area contributed by atoms with E-state index in [1.54, 1.807) is 0 Å². The molecule has 6 heteroatoms. The maximum atomic E-state index is 6.37. The highest BCUT2D eigenvalue weighted by atomic mass is 35.5. The fourth-order valence-corrected chi connectivity index (χ4v) is 5.99. The number of benzene rings is 2. The van der Waals surface area contributed by atoms with Gasteiger partial charge in [0, 0.05) is 39.5 Å². The maximum absolute atomic E-state index is 6.37. The number of rotatable bonds is 4. The average Bonchev–Trinajstić information content (AvgIpc) is 3.26. The largest absolute Gasteiger partial charge is 0.351 e. The van der Waals surface area contributed by atoms with Crippen LogP contribution in [0, 0.1) is 34.6 Å². The molecule has 1 saturated heterocycles. The van der Waals surface area contributed by atoms with Gasteiger partial charge in [-0.2, -0.15) is 0 Å². The Bertz CT molecular complexity index is 1410. The van der Waals surface area contributed by atoms with Crippen molar-refractivity contribution < 1.29 is 0 Å². The highest BCUT2D eigenvalue weighted by Crippen LogP contribution is 2.45. The van der Waals surface area contributed by atoms with Gasteiger partial charge in [-0.3, -0.25) is 4.98 Å². The number of aryl methyl sites for hydroxylation is 2. The number of nitrogens with one attached hydrogen (secondary N) is 1. The van der Waals surface area contributed by atoms with Crippen LogP contribution in [0.1, 0.15) is 51.4 Å². The molecular weight excluding hydrogens is 472 g/mol. The Morgan fingerprint density at radius 2 is 1.60 bits per heavy atom. The third-order valence-corrected chi connectivity index (χ3v) is 7.50. The molecule has 1 fully saturated rings. The molecule has 1 N–H and O–H groups in total. The zero-order chi connectivity index (χ0) is 24.9. The Balaban J connectivity index is 1.75. The zero-order valence-corrected chi connectivity index (χ0v) is 22.2. The minimum atomic E-state index is -0.0865. The molecule has 0 saturated carbocycles. The maximum Gasteiger partial charge on any atom is 0.174 e. The average molecular weight is 501 g/mol. The topological polar surface area (TPSA) is 33.1 Å². The first-order chi connectivity index (χ1) is 16.8. The highest BCUT2D eigenvalue weighted by Gasteiger charge is 2.43. The number of aromatic nitrogens is 2. The van der Waals surface area contributed by atoms with Gasteiger partial charge in [0.25, 0.3) is 0 Å². The van der Waals surface area contributed by atoms with E-state index in [1.807, 2.05) is 36.5 Å². The summed E-state index contributed by atoms with van der Waals surface area (Å²) >= 11 is 12.3. The van der Waals surface area contributed by atoms with Gasteiger partial charge < -0.3 is 14.8 Å². The summed E-state index contributed by atoms with van der Waals surface area (Å²) in [5.74, 6) is 0. The second kappa shape index (κ2) is 9.14. The molecule has 0 radical (unpaired) electrons. The number of nitrogens with zero attached hydrogens (tertiary/aromatic N) is 3. The van der Waals surface area contributed by atoms with Gasteiger partial charge in [0.1, 0.15) is 0 Å². The molecule has 1 aliphatic rings. The molecule has 3 heterocycles. The van der Waals surface area contributed by atoms with Crippen LogP contribution in [0.5, 0.6) is 0 Å². The molecule has 0 spiro atoms. The van der Waals surface area contributed by atoms with Crippen molar-refractivity contribution in [3.05, 3.63) is 111 Å². The van der Waals surface area contributed by atoms with E-state index in [0.29, 0.717) is 5.11 Å². The summed E-state index contributed by atoms with van der Waals surface area (Å²) in [7, 11) is 0. The Morgan fingerprint density at radius 1 is 0.857 bits per heavy atom. The van der Waals surface area contributed by atoms with Gasteiger partial charge in [-0.05, 0) is 106 Å². The smallest absolute Gasteiger partial charge is 0.174 e. The van der Waals surface area contributed by atoms with E-state index in [-0.39, 0.29) is 12.1 Å². The van der Waals surface area contributed by atoms with Gasteiger partial charge in [0.05, 0.1) is 17.8 Å². The molecule has 0 bridgehead atoms. The van der Waals surface area contributed by atoms with Crippen LogP contribution in [0.3, 0.4) is 0 Å². The van der Waals surface area contributed by atoms with E-state index < -0.39 is 0 Å². The minimum absolute atomic E-state index is 0.0577. The fraction of sp³-hybridized carbons (Fsp3) is 0.241. The number of anilines is 1. The summed E-state index contributed by atoms with van der Waals surface area (Å²) < 4.78 is 2.30. The standard InChI is InChI=1S/C29H29ClN4S/c1-17-13-18(2)15-24(14-17)34-28(27(32-29(34)35)25-11-6-7-12-31-25)26-19(3)20(4)33(21(26)5)23-10-8-9-22(30)16-23/h6-16,27-28H,1-5H3,(H,32,35)/t27-,28+/m0/s1. The van der Waals surface area contributed by atoms with E-state index in [0.717, 1.165) is 22.1 Å². The number of hydrogen-bond acceptors (Lipinski definition) is 2. The first kappa shape index (κ1) is 23.6. The number of halogens is 1. The Hall–Kier alpha value is -3.15. The van der Waals surface area contributed by atoms with Crippen LogP contribution < -0.4 is 10.2 Å². The molecule has 0 unspecified atom stereocenters. The molecule has 0 amide bonds. The van der Waals surface area contributed by atoms with Crippen LogP contribution in [0.4, 0.5) is 5.69 Å². The SMILES string of the molecule is Cc1cc(C)cc(N2C(=S)N[C@@H](c3ccccn3)[C@H]2c2c(C)c(C)n(-c3cccc(Cl)c3)c2C)c1. The van der Waals surface area contributed by atoms with Gasteiger partial charge in [-0.25, -0.2) is 0 Å². The lowest BCUT2D eigenvalue weighted by Crippen LogP contribution is -2.30. The molecule has 1 aliphatic heterocycles. The molecule has 2 aromatic heterocycles. The molecular formula is C29H29ClN4S. The van der Waals surface area contributed by atoms with E-state index in [1.165, 1.54) is 33.6 Å². The van der Waals surface area contributed by atoms with Crippen molar-refractivity contribution in [3.8, 4) is 5.69 Å². The molecule has 4 aromatic rings. The highest BCUT2D eigenvalue weighted by molar-refractivity contribution is 7.80. The van der Waals surface area contributed by atoms with E-state index in [2.05, 4.69) is 79.7 Å². The second-order valence-corrected chi connectivity index (χ2v) is 10.2. The normalized spacial score (nSPS) is 17.7. The van der Waals surface area contributed by atoms with Gasteiger partial charge >= 0.3 is 0 Å². The summed E-state index contributed by atoms with van der Waals surface area (Å²) in [6, 6.07) is 20.5. The lowest BCUT2D eigenvalue weighted by molar-refractivity contribution is 0.563. The molecule has 178 valence electrons. The summed E-state index contributed by atoms with van der Waals surface area (Å²) in [5.41, 5.74) is 10.4. The van der Waals surface area contributed by atoms with Crippen molar-refractivity contribution in [1.82, 2.24) is 14.9 Å². The first-order valence-corrected chi connectivity index (χ1v) is 12.6. The van der Waals surface area contributed by atoms with Crippen LogP contribution in [-0.2, 0) is 0 Å². The van der Waals surface area contributed by atoms with Gasteiger partial charge in [-0.15, -0.1) is 0 Å². The molecule has 0 aliphatic carbocycles. The lowest BCUT2D eigenvalue weighted by Gasteiger charge is -2.29. The fourth-order valence-electron chi connectivity index (χ4n) is 5.46. The monoisotopic (exact) mass is 500 g/mol. The van der Waals surface area contributed by atoms with Crippen molar-refractivity contribution >= 4 is 34.6 Å². The van der Waals surface area contributed by atoms with Gasteiger partial charge in [0.2, 0.25) is 0 Å². The van der Waals surface area contributed by atoms with Crippen LogP contribution in [0.15, 0.2) is 66.9 Å². The van der Waals surface area contributed by atoms with Crippen LogP contribution >= 0.6 is 23.8 Å². The number of hydrogen-bond donors (Lipinski definition) is 1. The van der Waals surface area contributed by atoms with Crippen LogP contribution in [-0.4, -0.2) is 14.7 Å². The molecule has 2 atom stereocenters. The predicted molar refractivity (Wildman–Crippen MR) is 149 cm³/mol. The predicted octanol–water partition coefficient (Wildman–Crippen LogP) is 7.24. The minimum Gasteiger partial charge on any atom is -0.351 e. The summed E-state index contributed by atoms with van der Waals surface area (Å²) in [6.07, 6.45) is 1.85. The van der Waals surface area contributed by atoms with Crippen LogP contribution in [0.25, 0.3) is 5.69 Å². The quantitative estimate of drug-likeness (QED) is 0.299. The van der Waals surface area contributed by atoms with Crippen molar-refractivity contribution in [3.63, 3.8) is 0 Å². The van der Waals surface area contributed by atoms with Crippen molar-refractivity contribution in [2.75, 3.05) is 4.90 Å². The molecule has 5 rings (SSSR count). The third-order valence-electron chi connectivity index (χ3n) is 6.95. The summed E-state index contributed by atoms with van der Waals surface area (Å²) in [4.78, 5) is 6.99. The lowest BCUT2D eigenvalue weighted by atomic mass is 9.93. The van der Waals surface area contributed by atoms with Crippen molar-refractivity contribution in [2.45, 2.75) is 46.7 Å². The van der Waals surface area contributed by atoms with E-state index >= 15 is 0 Å². The summed E-state index contributed by atoms with van der Waals surface area (Å²) in [5, 5.41) is 5.04. The molecule has 4 nitrogen and oxygen atoms in total. The van der Waals surface area contributed by atoms with E-state index in [4.69, 9.17) is 28.8 Å². The Morgan fingerprint density at radius 3 is 2.26 bits per heavy atom.